The van der Waals surface area contributed by atoms with Gasteiger partial charge in [0.05, 0.1) is 6.04 Å². The van der Waals surface area contributed by atoms with E-state index in [1.165, 1.54) is 5.56 Å². The number of nitrogens with two attached hydrogens (primary N) is 1. The lowest BCUT2D eigenvalue weighted by Gasteiger charge is -2.23. The van der Waals surface area contributed by atoms with Crippen LogP contribution in [0.15, 0.2) is 60.7 Å². The minimum atomic E-state index is -0.477. The zero-order valence-corrected chi connectivity index (χ0v) is 16.2. The molecule has 3 atom stereocenters. The van der Waals surface area contributed by atoms with E-state index in [2.05, 4.69) is 27.7 Å². The van der Waals surface area contributed by atoms with E-state index in [1.807, 2.05) is 55.5 Å². The summed E-state index contributed by atoms with van der Waals surface area (Å²) in [5.74, 6) is 0.299. The molecule has 0 saturated carbocycles. The number of hydrogen-bond donors (Lipinski definition) is 3. The quantitative estimate of drug-likeness (QED) is 0.716. The summed E-state index contributed by atoms with van der Waals surface area (Å²) in [5.41, 5.74) is 8.21. The van der Waals surface area contributed by atoms with E-state index in [0.29, 0.717) is 24.9 Å². The third-order valence-electron chi connectivity index (χ3n) is 5.46. The van der Waals surface area contributed by atoms with Crippen molar-refractivity contribution in [1.29, 1.82) is 0 Å². The SMILES string of the molecule is CC(C(=O)NC(=O)NCc1ccccc1)N1C[C@@H](CN)[C@H](c2ccccc2)C1. The molecule has 6 heteroatoms. The summed E-state index contributed by atoms with van der Waals surface area (Å²) in [4.78, 5) is 26.7. The number of nitrogens with one attached hydrogen (secondary N) is 2. The summed E-state index contributed by atoms with van der Waals surface area (Å²) in [6.07, 6.45) is 0. The lowest BCUT2D eigenvalue weighted by molar-refractivity contribution is -0.124. The van der Waals surface area contributed by atoms with Crippen LogP contribution < -0.4 is 16.4 Å². The highest BCUT2D eigenvalue weighted by Gasteiger charge is 2.37. The van der Waals surface area contributed by atoms with Crippen LogP contribution in [0.3, 0.4) is 0 Å². The van der Waals surface area contributed by atoms with Crippen LogP contribution in [0.2, 0.25) is 0 Å². The zero-order chi connectivity index (χ0) is 19.9. The number of hydrogen-bond acceptors (Lipinski definition) is 4. The van der Waals surface area contributed by atoms with Crippen LogP contribution in [0.1, 0.15) is 24.0 Å². The normalized spacial score (nSPS) is 20.5. The predicted molar refractivity (Wildman–Crippen MR) is 110 cm³/mol. The number of imide groups is 1. The molecule has 1 aliphatic heterocycles. The highest BCUT2D eigenvalue weighted by atomic mass is 16.2. The first-order valence-electron chi connectivity index (χ1n) is 9.70. The van der Waals surface area contributed by atoms with Crippen molar-refractivity contribution in [3.63, 3.8) is 0 Å². The number of urea groups is 1. The van der Waals surface area contributed by atoms with Gasteiger partial charge in [-0.1, -0.05) is 60.7 Å². The number of benzene rings is 2. The fraction of sp³-hybridized carbons (Fsp3) is 0.364. The Morgan fingerprint density at radius 2 is 1.71 bits per heavy atom. The maximum Gasteiger partial charge on any atom is 0.321 e. The molecule has 1 unspecified atom stereocenters. The number of rotatable bonds is 6. The highest BCUT2D eigenvalue weighted by Crippen LogP contribution is 2.33. The standard InChI is InChI=1S/C22H28N4O2/c1-16(21(27)25-22(28)24-13-17-8-4-2-5-9-17)26-14-19(12-23)20(15-26)18-10-6-3-7-11-18/h2-11,16,19-20H,12-15,23H2,1H3,(H2,24,25,27,28)/t16?,19-,20+/m1/s1. The van der Waals surface area contributed by atoms with Gasteiger partial charge < -0.3 is 11.1 Å². The van der Waals surface area contributed by atoms with E-state index in [1.54, 1.807) is 0 Å². The van der Waals surface area contributed by atoms with Gasteiger partial charge in [-0.25, -0.2) is 4.79 Å². The van der Waals surface area contributed by atoms with Crippen LogP contribution in [0.4, 0.5) is 4.79 Å². The topological polar surface area (TPSA) is 87.5 Å². The number of nitrogens with zero attached hydrogens (tertiary/aromatic N) is 1. The first-order valence-corrected chi connectivity index (χ1v) is 9.70. The molecule has 0 radical (unpaired) electrons. The number of amides is 3. The molecule has 0 aliphatic carbocycles. The number of likely N-dealkylation sites (tertiary alicyclic amines) is 1. The second kappa shape index (κ2) is 9.48. The van der Waals surface area contributed by atoms with E-state index < -0.39 is 12.1 Å². The molecule has 1 aliphatic rings. The zero-order valence-electron chi connectivity index (χ0n) is 16.2. The van der Waals surface area contributed by atoms with Crippen molar-refractivity contribution in [3.05, 3.63) is 71.8 Å². The van der Waals surface area contributed by atoms with Gasteiger partial charge in [-0.15, -0.1) is 0 Å². The van der Waals surface area contributed by atoms with Gasteiger partial charge in [0.25, 0.3) is 0 Å². The monoisotopic (exact) mass is 380 g/mol. The molecule has 0 aromatic heterocycles. The maximum absolute atomic E-state index is 12.5. The maximum atomic E-state index is 12.5. The van der Waals surface area contributed by atoms with Crippen LogP contribution in [-0.4, -0.2) is 42.5 Å². The summed E-state index contributed by atoms with van der Waals surface area (Å²) in [6.45, 7) is 4.29. The molecule has 0 spiro atoms. The van der Waals surface area contributed by atoms with Gasteiger partial charge in [-0.2, -0.15) is 0 Å². The number of carbonyl (C=O) groups is 2. The van der Waals surface area contributed by atoms with Gasteiger partial charge >= 0.3 is 6.03 Å². The van der Waals surface area contributed by atoms with Crippen LogP contribution >= 0.6 is 0 Å². The highest BCUT2D eigenvalue weighted by molar-refractivity contribution is 5.96. The van der Waals surface area contributed by atoms with Crippen LogP contribution in [0.25, 0.3) is 0 Å². The fourth-order valence-electron chi connectivity index (χ4n) is 3.74. The van der Waals surface area contributed by atoms with E-state index in [-0.39, 0.29) is 5.91 Å². The molecule has 1 saturated heterocycles. The predicted octanol–water partition coefficient (Wildman–Crippen LogP) is 2.08. The van der Waals surface area contributed by atoms with E-state index in [4.69, 9.17) is 5.73 Å². The lowest BCUT2D eigenvalue weighted by atomic mass is 9.89. The Kier molecular flexibility index (Phi) is 6.79. The average Bonchev–Trinajstić information content (AvgIpc) is 3.17. The van der Waals surface area contributed by atoms with Crippen molar-refractivity contribution in [2.45, 2.75) is 25.4 Å². The summed E-state index contributed by atoms with van der Waals surface area (Å²) in [6, 6.07) is 19.0. The summed E-state index contributed by atoms with van der Waals surface area (Å²) < 4.78 is 0. The largest absolute Gasteiger partial charge is 0.334 e. The number of carbonyl (C=O) groups excluding carboxylic acids is 2. The molecule has 3 amide bonds. The molecule has 3 rings (SSSR count). The molecule has 2 aromatic carbocycles. The Hall–Kier alpha value is -2.70. The van der Waals surface area contributed by atoms with Crippen molar-refractivity contribution in [3.8, 4) is 0 Å². The average molecular weight is 380 g/mol. The van der Waals surface area contributed by atoms with Crippen molar-refractivity contribution in [1.82, 2.24) is 15.5 Å². The molecule has 148 valence electrons. The van der Waals surface area contributed by atoms with Gasteiger partial charge in [0.2, 0.25) is 5.91 Å². The molecule has 4 N–H and O–H groups in total. The Morgan fingerprint density at radius 3 is 2.36 bits per heavy atom. The molecular weight excluding hydrogens is 352 g/mol. The van der Waals surface area contributed by atoms with Gasteiger partial charge in [-0.3, -0.25) is 15.0 Å². The van der Waals surface area contributed by atoms with Gasteiger partial charge in [-0.05, 0) is 30.5 Å². The minimum absolute atomic E-state index is 0.296. The molecule has 1 fully saturated rings. The van der Waals surface area contributed by atoms with Crippen molar-refractivity contribution in [2.75, 3.05) is 19.6 Å². The first-order chi connectivity index (χ1) is 13.6. The van der Waals surface area contributed by atoms with Crippen LogP contribution in [0.5, 0.6) is 0 Å². The van der Waals surface area contributed by atoms with Crippen molar-refractivity contribution in [2.24, 2.45) is 11.7 Å². The third kappa shape index (κ3) is 4.97. The molecular formula is C22H28N4O2. The second-order valence-corrected chi connectivity index (χ2v) is 7.30. The Morgan fingerprint density at radius 1 is 1.07 bits per heavy atom. The third-order valence-corrected chi connectivity index (χ3v) is 5.46. The van der Waals surface area contributed by atoms with E-state index in [0.717, 1.165) is 18.7 Å². The summed E-state index contributed by atoms with van der Waals surface area (Å²) in [5, 5.41) is 5.17. The molecule has 1 heterocycles. The summed E-state index contributed by atoms with van der Waals surface area (Å²) in [7, 11) is 0. The van der Waals surface area contributed by atoms with Crippen LogP contribution in [-0.2, 0) is 11.3 Å². The van der Waals surface area contributed by atoms with Crippen LogP contribution in [0, 0.1) is 5.92 Å². The first kappa shape index (κ1) is 20.0. The molecule has 2 aromatic rings. The van der Waals surface area contributed by atoms with E-state index >= 15 is 0 Å². The molecule has 28 heavy (non-hydrogen) atoms. The fourth-order valence-corrected chi connectivity index (χ4v) is 3.74. The van der Waals surface area contributed by atoms with E-state index in [9.17, 15) is 9.59 Å². The van der Waals surface area contributed by atoms with Gasteiger partial charge in [0.1, 0.15) is 0 Å². The van der Waals surface area contributed by atoms with Gasteiger partial charge in [0.15, 0.2) is 0 Å². The van der Waals surface area contributed by atoms with Crippen molar-refractivity contribution < 1.29 is 9.59 Å². The van der Waals surface area contributed by atoms with Gasteiger partial charge in [0, 0.05) is 25.6 Å². The molecule has 6 nitrogen and oxygen atoms in total. The lowest BCUT2D eigenvalue weighted by Crippen LogP contribution is -2.49. The summed E-state index contributed by atoms with van der Waals surface area (Å²) >= 11 is 0. The smallest absolute Gasteiger partial charge is 0.321 e. The second-order valence-electron chi connectivity index (χ2n) is 7.30. The Balaban J connectivity index is 1.53. The molecule has 0 bridgehead atoms. The Bertz CT molecular complexity index is 782. The Labute approximate surface area is 166 Å². The van der Waals surface area contributed by atoms with Crippen molar-refractivity contribution >= 4 is 11.9 Å². The minimum Gasteiger partial charge on any atom is -0.334 e.